The van der Waals surface area contributed by atoms with E-state index in [1.807, 2.05) is 0 Å². The second-order valence-corrected chi connectivity index (χ2v) is 3.61. The maximum Gasteiger partial charge on any atom is 0.306 e. The molecule has 12 heavy (non-hydrogen) atoms. The molecule has 0 atom stereocenters. The van der Waals surface area contributed by atoms with Gasteiger partial charge in [0.2, 0.25) is 0 Å². The van der Waals surface area contributed by atoms with E-state index < -0.39 is 0 Å². The minimum absolute atomic E-state index is 0.0588. The lowest BCUT2D eigenvalue weighted by Crippen LogP contribution is -2.40. The van der Waals surface area contributed by atoms with Crippen LogP contribution in [0.15, 0.2) is 4.99 Å². The number of thioether (sulfide) groups is 1. The zero-order valence-electron chi connectivity index (χ0n) is 6.65. The summed E-state index contributed by atoms with van der Waals surface area (Å²) in [7, 11) is 0. The molecular weight excluding hydrogens is 176 g/mol. The summed E-state index contributed by atoms with van der Waals surface area (Å²) in [5.74, 6) is 1.66. The summed E-state index contributed by atoms with van der Waals surface area (Å²) >= 11 is 1.27. The van der Waals surface area contributed by atoms with Crippen LogP contribution in [0.25, 0.3) is 0 Å². The van der Waals surface area contributed by atoms with E-state index in [0.29, 0.717) is 0 Å². The summed E-state index contributed by atoms with van der Waals surface area (Å²) in [6, 6.07) is 0. The average Bonchev–Trinajstić information content (AvgIpc) is 2.54. The van der Waals surface area contributed by atoms with Crippen molar-refractivity contribution in [2.45, 2.75) is 0 Å². The monoisotopic (exact) mass is 186 g/mol. The highest BCUT2D eigenvalue weighted by Gasteiger charge is 2.21. The molecule has 0 aromatic rings. The molecule has 0 aromatic heterocycles. The quantitative estimate of drug-likeness (QED) is 0.555. The van der Waals surface area contributed by atoms with Crippen LogP contribution in [0.5, 0.6) is 0 Å². The molecule has 1 fully saturated rings. The fraction of sp³-hybridized carbons (Fsp3) is 0.714. The maximum atomic E-state index is 10.8. The highest BCUT2D eigenvalue weighted by Crippen LogP contribution is 2.16. The summed E-state index contributed by atoms with van der Waals surface area (Å²) in [6.07, 6.45) is 0. The zero-order chi connectivity index (χ0) is 8.39. The van der Waals surface area contributed by atoms with E-state index in [-0.39, 0.29) is 5.24 Å². The molecule has 66 valence electrons. The van der Waals surface area contributed by atoms with Gasteiger partial charge in [-0.1, -0.05) is 11.8 Å². The predicted octanol–water partition coefficient (Wildman–Crippen LogP) is 0.584. The number of hydrogen-bond acceptors (Lipinski definition) is 4. The van der Waals surface area contributed by atoms with Gasteiger partial charge in [-0.2, -0.15) is 4.99 Å². The number of amides is 1. The average molecular weight is 186 g/mol. The molecule has 1 amide bonds. The fourth-order valence-corrected chi connectivity index (χ4v) is 1.95. The second-order valence-electron chi connectivity index (χ2n) is 2.68. The summed E-state index contributed by atoms with van der Waals surface area (Å²) in [4.78, 5) is 16.9. The number of carbonyl (C=O) groups excluding carboxylic acids is 1. The molecule has 0 radical (unpaired) electrons. The molecule has 0 saturated carbocycles. The third kappa shape index (κ3) is 1.61. The Morgan fingerprint density at radius 3 is 2.75 bits per heavy atom. The molecule has 0 spiro atoms. The Bertz CT molecular complexity index is 223. The number of nitrogens with zero attached hydrogens (tertiary/aromatic N) is 2. The van der Waals surface area contributed by atoms with E-state index in [9.17, 15) is 4.79 Å². The second kappa shape index (κ2) is 3.45. The molecule has 2 heterocycles. The van der Waals surface area contributed by atoms with E-state index >= 15 is 0 Å². The smallest absolute Gasteiger partial charge is 0.306 e. The highest BCUT2D eigenvalue weighted by atomic mass is 32.2. The number of morpholine rings is 1. The van der Waals surface area contributed by atoms with Crippen LogP contribution in [0.1, 0.15) is 0 Å². The van der Waals surface area contributed by atoms with Crippen LogP contribution in [0.2, 0.25) is 0 Å². The summed E-state index contributed by atoms with van der Waals surface area (Å²) in [5.41, 5.74) is 0. The van der Waals surface area contributed by atoms with Crippen LogP contribution in [-0.4, -0.2) is 48.0 Å². The molecule has 5 heteroatoms. The minimum atomic E-state index is -0.0588. The molecular formula is C7H10N2O2S. The molecule has 2 aliphatic rings. The Hall–Kier alpha value is -0.550. The normalized spacial score (nSPS) is 24.5. The van der Waals surface area contributed by atoms with Crippen molar-refractivity contribution < 1.29 is 9.53 Å². The van der Waals surface area contributed by atoms with Crippen LogP contribution < -0.4 is 0 Å². The largest absolute Gasteiger partial charge is 0.378 e. The Morgan fingerprint density at radius 1 is 1.42 bits per heavy atom. The van der Waals surface area contributed by atoms with Crippen molar-refractivity contribution in [2.75, 3.05) is 32.1 Å². The number of amidine groups is 1. The zero-order valence-corrected chi connectivity index (χ0v) is 7.47. The van der Waals surface area contributed by atoms with Crippen LogP contribution in [0, 0.1) is 0 Å². The summed E-state index contributed by atoms with van der Waals surface area (Å²) < 4.78 is 5.20. The Kier molecular flexibility index (Phi) is 2.32. The summed E-state index contributed by atoms with van der Waals surface area (Å²) in [5, 5.41) is -0.0588. The third-order valence-corrected chi connectivity index (χ3v) is 2.66. The van der Waals surface area contributed by atoms with Crippen LogP contribution in [-0.2, 0) is 4.74 Å². The maximum absolute atomic E-state index is 10.8. The van der Waals surface area contributed by atoms with Gasteiger partial charge in [0.15, 0.2) is 0 Å². The lowest BCUT2D eigenvalue weighted by molar-refractivity contribution is 0.0680. The van der Waals surface area contributed by atoms with Crippen molar-refractivity contribution in [1.82, 2.24) is 4.90 Å². The van der Waals surface area contributed by atoms with Crippen molar-refractivity contribution in [3.05, 3.63) is 0 Å². The van der Waals surface area contributed by atoms with E-state index in [0.717, 1.165) is 37.9 Å². The van der Waals surface area contributed by atoms with Crippen LogP contribution >= 0.6 is 11.8 Å². The van der Waals surface area contributed by atoms with Crippen LogP contribution in [0.4, 0.5) is 4.79 Å². The van der Waals surface area contributed by atoms with Crippen molar-refractivity contribution in [1.29, 1.82) is 0 Å². The number of rotatable bonds is 0. The van der Waals surface area contributed by atoms with Gasteiger partial charge in [0.1, 0.15) is 5.84 Å². The van der Waals surface area contributed by atoms with Crippen molar-refractivity contribution in [3.63, 3.8) is 0 Å². The van der Waals surface area contributed by atoms with E-state index in [2.05, 4.69) is 9.89 Å². The van der Waals surface area contributed by atoms with E-state index in [4.69, 9.17) is 4.74 Å². The molecule has 2 rings (SSSR count). The van der Waals surface area contributed by atoms with Crippen molar-refractivity contribution >= 4 is 22.8 Å². The molecule has 1 saturated heterocycles. The first-order valence-electron chi connectivity index (χ1n) is 3.93. The standard InChI is InChI=1S/C7H10N2O2S/c10-7-8-6(5-12-7)9-1-3-11-4-2-9/h1-5H2. The number of carbonyl (C=O) groups is 1. The van der Waals surface area contributed by atoms with Crippen molar-refractivity contribution in [2.24, 2.45) is 4.99 Å². The molecule has 0 aliphatic carbocycles. The Labute approximate surface area is 75.0 Å². The van der Waals surface area contributed by atoms with E-state index in [1.54, 1.807) is 0 Å². The summed E-state index contributed by atoms with van der Waals surface area (Å²) in [6.45, 7) is 3.23. The van der Waals surface area contributed by atoms with Gasteiger partial charge in [-0.05, 0) is 0 Å². The van der Waals surface area contributed by atoms with Crippen molar-refractivity contribution in [3.8, 4) is 0 Å². The molecule has 0 bridgehead atoms. The molecule has 2 aliphatic heterocycles. The number of hydrogen-bond donors (Lipinski definition) is 0. The minimum Gasteiger partial charge on any atom is -0.378 e. The van der Waals surface area contributed by atoms with Gasteiger partial charge >= 0.3 is 5.24 Å². The molecule has 0 N–H and O–H groups in total. The van der Waals surface area contributed by atoms with Gasteiger partial charge in [0, 0.05) is 13.1 Å². The molecule has 4 nitrogen and oxygen atoms in total. The SMILES string of the molecule is O=C1N=C(N2CCOCC2)CS1. The molecule has 0 unspecified atom stereocenters. The first-order valence-corrected chi connectivity index (χ1v) is 4.92. The van der Waals surface area contributed by atoms with Gasteiger partial charge in [0.05, 0.1) is 19.0 Å². The lowest BCUT2D eigenvalue weighted by atomic mass is 10.4. The lowest BCUT2D eigenvalue weighted by Gasteiger charge is -2.27. The van der Waals surface area contributed by atoms with Gasteiger partial charge in [0.25, 0.3) is 0 Å². The predicted molar refractivity (Wildman–Crippen MR) is 47.7 cm³/mol. The number of ether oxygens (including phenoxy) is 1. The Balaban J connectivity index is 1.99. The van der Waals surface area contributed by atoms with Gasteiger partial charge in [-0.25, -0.2) is 0 Å². The van der Waals surface area contributed by atoms with Crippen LogP contribution in [0.3, 0.4) is 0 Å². The first-order chi connectivity index (χ1) is 5.86. The third-order valence-electron chi connectivity index (χ3n) is 1.92. The topological polar surface area (TPSA) is 41.9 Å². The first kappa shape index (κ1) is 8.07. The van der Waals surface area contributed by atoms with Gasteiger partial charge < -0.3 is 9.64 Å². The fourth-order valence-electron chi connectivity index (χ4n) is 1.28. The van der Waals surface area contributed by atoms with Gasteiger partial charge in [-0.15, -0.1) is 0 Å². The number of aliphatic imine (C=N–C) groups is 1. The molecule has 0 aromatic carbocycles. The Morgan fingerprint density at radius 2 is 2.17 bits per heavy atom. The van der Waals surface area contributed by atoms with E-state index in [1.165, 1.54) is 11.8 Å². The highest BCUT2D eigenvalue weighted by molar-refractivity contribution is 8.14. The van der Waals surface area contributed by atoms with Gasteiger partial charge in [-0.3, -0.25) is 4.79 Å².